The lowest BCUT2D eigenvalue weighted by molar-refractivity contribution is -0.154. The zero-order chi connectivity index (χ0) is 27.9. The number of carbonyl (C=O) groups is 2. The predicted octanol–water partition coefficient (Wildman–Crippen LogP) is 6.73. The lowest BCUT2D eigenvalue weighted by atomic mass is 9.98. The zero-order valence-electron chi connectivity index (χ0n) is 24.1. The minimum Gasteiger partial charge on any atom is -0.460 e. The number of allylic oxidation sites excluding steroid dienone is 3. The third-order valence-electron chi connectivity index (χ3n) is 6.47. The van der Waals surface area contributed by atoms with Gasteiger partial charge < -0.3 is 15.0 Å². The summed E-state index contributed by atoms with van der Waals surface area (Å²) in [4.78, 5) is 28.0. The van der Waals surface area contributed by atoms with Crippen molar-refractivity contribution in [1.82, 2.24) is 14.7 Å². The van der Waals surface area contributed by atoms with Crippen LogP contribution in [0.5, 0.6) is 0 Å². The van der Waals surface area contributed by atoms with Crippen LogP contribution in [0.15, 0.2) is 48.3 Å². The number of hydrogen-bond donors (Lipinski definition) is 1. The molecule has 4 rings (SSSR count). The maximum Gasteiger partial charge on any atom is 0.306 e. The quantitative estimate of drug-likeness (QED) is 0.356. The third-order valence-corrected chi connectivity index (χ3v) is 6.47. The van der Waals surface area contributed by atoms with Crippen LogP contribution in [0.3, 0.4) is 0 Å². The average molecular weight is 523 g/mol. The molecule has 2 aromatic rings. The Hall–Kier alpha value is -3.35. The van der Waals surface area contributed by atoms with E-state index in [1.807, 2.05) is 68.7 Å². The Morgan fingerprint density at radius 1 is 1.21 bits per heavy atom. The topological polar surface area (TPSA) is 76.5 Å². The van der Waals surface area contributed by atoms with Gasteiger partial charge in [-0.1, -0.05) is 44.6 Å². The van der Waals surface area contributed by atoms with Gasteiger partial charge in [-0.15, -0.1) is 0 Å². The van der Waals surface area contributed by atoms with Gasteiger partial charge >= 0.3 is 5.97 Å². The molecule has 0 fully saturated rings. The van der Waals surface area contributed by atoms with E-state index in [1.54, 1.807) is 0 Å². The summed E-state index contributed by atoms with van der Waals surface area (Å²) in [5, 5.41) is 7.97. The molecule has 0 saturated heterocycles. The molecule has 7 nitrogen and oxygen atoms in total. The molecule has 1 aliphatic heterocycles. The normalized spacial score (nSPS) is 19.1. The van der Waals surface area contributed by atoms with E-state index in [9.17, 15) is 9.59 Å². The number of nitrogens with zero attached hydrogens (tertiary/aromatic N) is 3. The van der Waals surface area contributed by atoms with Crippen LogP contribution in [-0.4, -0.2) is 38.2 Å². The van der Waals surface area contributed by atoms with Crippen molar-refractivity contribution in [2.24, 2.45) is 7.05 Å². The SMILES string of the molecule is CCC.Cc1cc(C(=O)N2Cc3cnn(C)c3N/C3=C/C/C=C\CCC32)ccc1CCC(=O)OC(C)(C)C.[HH]. The van der Waals surface area contributed by atoms with Gasteiger partial charge in [0.2, 0.25) is 0 Å². The van der Waals surface area contributed by atoms with Crippen molar-refractivity contribution in [3.8, 4) is 0 Å². The molecular weight excluding hydrogens is 476 g/mol. The van der Waals surface area contributed by atoms with Gasteiger partial charge in [-0.3, -0.25) is 14.3 Å². The van der Waals surface area contributed by atoms with E-state index in [-0.39, 0.29) is 19.3 Å². The summed E-state index contributed by atoms with van der Waals surface area (Å²) in [5.41, 5.74) is 4.29. The highest BCUT2D eigenvalue weighted by molar-refractivity contribution is 5.95. The highest BCUT2D eigenvalue weighted by Crippen LogP contribution is 2.31. The summed E-state index contributed by atoms with van der Waals surface area (Å²) in [5.74, 6) is 0.736. The number of fused-ring (bicyclic) bond motifs is 2. The Labute approximate surface area is 229 Å². The van der Waals surface area contributed by atoms with Crippen molar-refractivity contribution in [1.29, 1.82) is 0 Å². The fourth-order valence-electron chi connectivity index (χ4n) is 4.72. The Kier molecular flexibility index (Phi) is 9.95. The van der Waals surface area contributed by atoms with Crippen LogP contribution < -0.4 is 5.32 Å². The van der Waals surface area contributed by atoms with Crippen LogP contribution in [0, 0.1) is 6.92 Å². The minimum atomic E-state index is -0.487. The number of amides is 1. The number of rotatable bonds is 4. The summed E-state index contributed by atoms with van der Waals surface area (Å²) in [6.45, 7) is 12.4. The Balaban J connectivity index is 0.00000127. The highest BCUT2D eigenvalue weighted by atomic mass is 16.6. The molecule has 1 unspecified atom stereocenters. The number of nitrogens with one attached hydrogen (secondary N) is 1. The first-order valence-electron chi connectivity index (χ1n) is 13.8. The summed E-state index contributed by atoms with van der Waals surface area (Å²) in [6, 6.07) is 5.76. The first-order valence-corrected chi connectivity index (χ1v) is 13.8. The maximum absolute atomic E-state index is 13.9. The lowest BCUT2D eigenvalue weighted by Crippen LogP contribution is -2.41. The number of aryl methyl sites for hydroxylation is 3. The standard InChI is InChI=1S/C28H36N4O3.C3H8.H2/c1-19-16-21(13-12-20(19)14-15-25(33)35-28(2,3)4)27(34)32-18-22-17-29-31(5)26(22)30-23-10-8-6-7-9-11-24(23)32;1-3-2;/h6-7,10,12-13,16-17,24,30H,8-9,11,14-15,18H2,1-5H3;3H2,1-2H3;1H/b7-6-,23-10+;;. The van der Waals surface area contributed by atoms with Gasteiger partial charge in [-0.25, -0.2) is 0 Å². The number of anilines is 1. The van der Waals surface area contributed by atoms with Crippen LogP contribution in [-0.2, 0) is 29.5 Å². The molecule has 1 amide bonds. The van der Waals surface area contributed by atoms with Gasteiger partial charge in [0.25, 0.3) is 5.91 Å². The molecule has 2 aliphatic rings. The molecule has 208 valence electrons. The van der Waals surface area contributed by atoms with Gasteiger partial charge in [0.1, 0.15) is 11.4 Å². The molecule has 7 heteroatoms. The second-order valence-electron chi connectivity index (χ2n) is 11.1. The number of hydrogen-bond acceptors (Lipinski definition) is 5. The summed E-state index contributed by atoms with van der Waals surface area (Å²) < 4.78 is 7.26. The molecule has 2 heterocycles. The highest BCUT2D eigenvalue weighted by Gasteiger charge is 2.33. The van der Waals surface area contributed by atoms with Gasteiger partial charge in [0.05, 0.1) is 18.8 Å². The molecule has 1 atom stereocenters. The third kappa shape index (κ3) is 7.59. The van der Waals surface area contributed by atoms with Crippen molar-refractivity contribution in [2.75, 3.05) is 5.32 Å². The molecule has 38 heavy (non-hydrogen) atoms. The fraction of sp³-hybridized carbons (Fsp3) is 0.516. The van der Waals surface area contributed by atoms with Crippen LogP contribution in [0.4, 0.5) is 5.82 Å². The number of benzene rings is 1. The van der Waals surface area contributed by atoms with E-state index in [2.05, 4.69) is 42.5 Å². The Morgan fingerprint density at radius 3 is 2.63 bits per heavy atom. The van der Waals surface area contributed by atoms with E-state index >= 15 is 0 Å². The predicted molar refractivity (Wildman–Crippen MR) is 155 cm³/mol. The Bertz CT molecular complexity index is 1190. The van der Waals surface area contributed by atoms with Gasteiger partial charge in [0.15, 0.2) is 0 Å². The van der Waals surface area contributed by atoms with E-state index in [4.69, 9.17) is 4.74 Å². The lowest BCUT2D eigenvalue weighted by Gasteiger charge is -2.32. The zero-order valence-corrected chi connectivity index (χ0v) is 24.1. The van der Waals surface area contributed by atoms with E-state index in [0.717, 1.165) is 47.5 Å². The van der Waals surface area contributed by atoms with Gasteiger partial charge in [-0.2, -0.15) is 5.10 Å². The van der Waals surface area contributed by atoms with E-state index in [1.165, 1.54) is 6.42 Å². The summed E-state index contributed by atoms with van der Waals surface area (Å²) in [7, 11) is 1.92. The van der Waals surface area contributed by atoms with Crippen molar-refractivity contribution < 1.29 is 15.8 Å². The second kappa shape index (κ2) is 12.9. The molecule has 0 spiro atoms. The first kappa shape index (κ1) is 29.2. The second-order valence-corrected chi connectivity index (χ2v) is 11.1. The van der Waals surface area contributed by atoms with E-state index < -0.39 is 5.60 Å². The molecular formula is C31H46N4O3. The number of aromatic nitrogens is 2. The van der Waals surface area contributed by atoms with Crippen LogP contribution in [0.1, 0.15) is 95.2 Å². The number of carbonyl (C=O) groups excluding carboxylic acids is 2. The number of ether oxygens (including phenoxy) is 1. The molecule has 1 aromatic carbocycles. The molecule has 1 aromatic heterocycles. The minimum absolute atomic E-state index is 0. The fourth-order valence-corrected chi connectivity index (χ4v) is 4.72. The van der Waals surface area contributed by atoms with Crippen LogP contribution >= 0.6 is 0 Å². The van der Waals surface area contributed by atoms with Crippen LogP contribution in [0.2, 0.25) is 0 Å². The first-order chi connectivity index (χ1) is 18.0. The van der Waals surface area contributed by atoms with Crippen molar-refractivity contribution in [3.05, 3.63) is 70.6 Å². The Morgan fingerprint density at radius 2 is 1.95 bits per heavy atom. The largest absolute Gasteiger partial charge is 0.460 e. The summed E-state index contributed by atoms with van der Waals surface area (Å²) in [6.07, 6.45) is 13.1. The molecule has 0 bridgehead atoms. The molecule has 1 aliphatic carbocycles. The van der Waals surface area contributed by atoms with E-state index in [0.29, 0.717) is 24.9 Å². The van der Waals surface area contributed by atoms with Gasteiger partial charge in [-0.05, 0) is 76.6 Å². The van der Waals surface area contributed by atoms with Crippen molar-refractivity contribution in [2.45, 2.75) is 98.3 Å². The molecule has 1 N–H and O–H groups in total. The molecule has 0 saturated carbocycles. The number of esters is 1. The molecule has 0 radical (unpaired) electrons. The summed E-state index contributed by atoms with van der Waals surface area (Å²) >= 11 is 0. The van der Waals surface area contributed by atoms with Gasteiger partial charge in [0, 0.05) is 31.7 Å². The average Bonchev–Trinajstić information content (AvgIpc) is 3.08. The monoisotopic (exact) mass is 522 g/mol. The van der Waals surface area contributed by atoms with Crippen molar-refractivity contribution in [3.63, 3.8) is 0 Å². The maximum atomic E-state index is 13.9. The van der Waals surface area contributed by atoms with Crippen molar-refractivity contribution >= 4 is 17.7 Å². The van der Waals surface area contributed by atoms with Crippen LogP contribution in [0.25, 0.3) is 0 Å². The smallest absolute Gasteiger partial charge is 0.306 e.